The number of halogens is 1. The highest BCUT2D eigenvalue weighted by Crippen LogP contribution is 2.46. The Morgan fingerprint density at radius 1 is 1.19 bits per heavy atom. The lowest BCUT2D eigenvalue weighted by Crippen LogP contribution is -2.24. The third-order valence-corrected chi connectivity index (χ3v) is 8.43. The Balaban J connectivity index is 1.49. The van der Waals surface area contributed by atoms with Gasteiger partial charge in [-0.05, 0) is 61.4 Å². The summed E-state index contributed by atoms with van der Waals surface area (Å²) < 4.78 is 13.7. The molecule has 2 aromatic carbocycles. The van der Waals surface area contributed by atoms with E-state index < -0.39 is 0 Å². The van der Waals surface area contributed by atoms with Crippen molar-refractivity contribution >= 4 is 43.2 Å². The summed E-state index contributed by atoms with van der Waals surface area (Å²) >= 11 is 7.44. The molecule has 0 radical (unpaired) electrons. The van der Waals surface area contributed by atoms with Crippen LogP contribution in [0.15, 0.2) is 45.7 Å². The van der Waals surface area contributed by atoms with Gasteiger partial charge in [0.25, 0.3) is 5.56 Å². The van der Waals surface area contributed by atoms with E-state index in [2.05, 4.69) is 4.98 Å². The number of nitrogens with zero attached hydrogens (tertiary/aromatic N) is 3. The molecule has 7 nitrogen and oxygen atoms in total. The lowest BCUT2D eigenvalue weighted by atomic mass is 10.0. The highest BCUT2D eigenvalue weighted by molar-refractivity contribution is 7.25. The van der Waals surface area contributed by atoms with Gasteiger partial charge in [0.05, 0.1) is 35.0 Å². The predicted molar refractivity (Wildman–Crippen MR) is 140 cm³/mol. The zero-order valence-corrected chi connectivity index (χ0v) is 21.0. The quantitative estimate of drug-likeness (QED) is 0.278. The lowest BCUT2D eigenvalue weighted by Gasteiger charge is -2.15. The highest BCUT2D eigenvalue weighted by Gasteiger charge is 2.31. The number of methoxy groups -OCH3 is 1. The van der Waals surface area contributed by atoms with Gasteiger partial charge in [0.1, 0.15) is 22.2 Å². The summed E-state index contributed by atoms with van der Waals surface area (Å²) in [6.45, 7) is 0.212. The smallest absolute Gasteiger partial charge is 0.263 e. The van der Waals surface area contributed by atoms with Crippen molar-refractivity contribution in [2.75, 3.05) is 7.11 Å². The molecule has 0 amide bonds. The van der Waals surface area contributed by atoms with Crippen LogP contribution in [-0.4, -0.2) is 26.8 Å². The predicted octanol–water partition coefficient (Wildman–Crippen LogP) is 6.44. The maximum atomic E-state index is 14.1. The summed E-state index contributed by atoms with van der Waals surface area (Å²) in [7, 11) is 1.65. The van der Waals surface area contributed by atoms with Crippen molar-refractivity contribution in [3.05, 3.63) is 69.1 Å². The van der Waals surface area contributed by atoms with Crippen LogP contribution in [0.25, 0.3) is 31.7 Å². The summed E-state index contributed by atoms with van der Waals surface area (Å²) in [4.78, 5) is 24.1. The fourth-order valence-electron chi connectivity index (χ4n) is 4.81. The van der Waals surface area contributed by atoms with Crippen molar-refractivity contribution in [2.45, 2.75) is 44.1 Å². The lowest BCUT2D eigenvalue weighted by molar-refractivity contribution is 0.414. The van der Waals surface area contributed by atoms with E-state index in [0.717, 1.165) is 48.5 Å². The normalized spacial score (nSPS) is 15.7. The van der Waals surface area contributed by atoms with E-state index in [9.17, 15) is 9.90 Å². The van der Waals surface area contributed by atoms with Gasteiger partial charge in [-0.2, -0.15) is 0 Å². The van der Waals surface area contributed by atoms with Crippen molar-refractivity contribution in [2.24, 2.45) is 0 Å². The average molecular weight is 520 g/mol. The number of hydrogen-bond donors (Lipinski definition) is 1. The van der Waals surface area contributed by atoms with Gasteiger partial charge in [0, 0.05) is 16.9 Å². The number of oxazole rings is 1. The van der Waals surface area contributed by atoms with E-state index >= 15 is 0 Å². The molecule has 0 aliphatic heterocycles. The zero-order valence-electron chi connectivity index (χ0n) is 19.5. The molecule has 0 saturated heterocycles. The second kappa shape index (κ2) is 8.08. The number of ether oxygens (including phenoxy) is 1. The molecule has 9 heteroatoms. The van der Waals surface area contributed by atoms with Gasteiger partial charge >= 0.3 is 0 Å². The van der Waals surface area contributed by atoms with Gasteiger partial charge in [0.2, 0.25) is 0 Å². The Morgan fingerprint density at radius 2 is 2.00 bits per heavy atom. The number of phenols is 1. The van der Waals surface area contributed by atoms with Crippen molar-refractivity contribution in [3.8, 4) is 22.9 Å². The minimum Gasteiger partial charge on any atom is -0.505 e. The minimum atomic E-state index is -0.190. The Morgan fingerprint density at radius 3 is 2.75 bits per heavy atom. The second-order valence-corrected chi connectivity index (χ2v) is 11.0. The number of phenolic OH excluding ortho intramolecular Hbond substituents is 1. The molecular weight excluding hydrogens is 498 g/mol. The molecule has 7 rings (SSSR count). The SMILES string of the molecule is COc1ccc(-c2nc3sc4c(O)c(Cl)ccc4c3c(=O)n2Cc2cnc(C3CC3)o2)c(C2CC2)c1. The molecule has 182 valence electrons. The Kier molecular flexibility index (Phi) is 4.91. The van der Waals surface area contributed by atoms with Gasteiger partial charge in [-0.15, -0.1) is 11.3 Å². The first kappa shape index (κ1) is 21.9. The first-order valence-electron chi connectivity index (χ1n) is 12.0. The molecule has 3 aromatic heterocycles. The number of benzene rings is 2. The summed E-state index contributed by atoms with van der Waals surface area (Å²) in [5.74, 6) is 3.46. The highest BCUT2D eigenvalue weighted by atomic mass is 35.5. The van der Waals surface area contributed by atoms with Gasteiger partial charge < -0.3 is 14.3 Å². The van der Waals surface area contributed by atoms with E-state index in [-0.39, 0.29) is 22.9 Å². The molecule has 2 aliphatic carbocycles. The maximum absolute atomic E-state index is 14.1. The summed E-state index contributed by atoms with van der Waals surface area (Å²) in [6, 6.07) is 9.30. The Labute approximate surface area is 214 Å². The van der Waals surface area contributed by atoms with Crippen molar-refractivity contribution in [1.82, 2.24) is 14.5 Å². The fourth-order valence-corrected chi connectivity index (χ4v) is 6.13. The van der Waals surface area contributed by atoms with Crippen LogP contribution in [0.2, 0.25) is 5.02 Å². The van der Waals surface area contributed by atoms with Crippen LogP contribution >= 0.6 is 22.9 Å². The Hall–Kier alpha value is -3.36. The second-order valence-electron chi connectivity index (χ2n) is 9.55. The van der Waals surface area contributed by atoms with Crippen LogP contribution in [-0.2, 0) is 6.54 Å². The number of rotatable bonds is 6. The average Bonchev–Trinajstić information content (AvgIpc) is 3.82. The van der Waals surface area contributed by atoms with Crippen molar-refractivity contribution in [1.29, 1.82) is 0 Å². The van der Waals surface area contributed by atoms with Crippen molar-refractivity contribution in [3.63, 3.8) is 0 Å². The van der Waals surface area contributed by atoms with Crippen LogP contribution < -0.4 is 10.3 Å². The largest absolute Gasteiger partial charge is 0.505 e. The molecule has 0 unspecified atom stereocenters. The molecule has 2 saturated carbocycles. The maximum Gasteiger partial charge on any atom is 0.263 e. The standard InChI is InChI=1S/C27H22ClN3O4S/c1-34-15-6-7-17(19(10-15)13-2-3-13)24-30-26-21(18-8-9-20(28)22(32)23(18)36-26)27(33)31(24)12-16-11-29-25(35-16)14-4-5-14/h6-11,13-14,32H,2-5,12H2,1H3. The fraction of sp³-hybridized carbons (Fsp3) is 0.296. The van der Waals surface area contributed by atoms with Gasteiger partial charge in [-0.25, -0.2) is 9.97 Å². The molecule has 3 heterocycles. The van der Waals surface area contributed by atoms with E-state index in [4.69, 9.17) is 25.7 Å². The molecule has 36 heavy (non-hydrogen) atoms. The van der Waals surface area contributed by atoms with Crippen LogP contribution in [0.5, 0.6) is 11.5 Å². The van der Waals surface area contributed by atoms with Crippen LogP contribution in [0.1, 0.15) is 54.7 Å². The molecule has 2 aliphatic rings. The monoisotopic (exact) mass is 519 g/mol. The van der Waals surface area contributed by atoms with E-state index in [1.165, 1.54) is 11.3 Å². The molecule has 5 aromatic rings. The van der Waals surface area contributed by atoms with Gasteiger partial charge in [-0.1, -0.05) is 17.7 Å². The first-order chi connectivity index (χ1) is 17.5. The van der Waals surface area contributed by atoms with Gasteiger partial charge in [-0.3, -0.25) is 9.36 Å². The molecule has 2 fully saturated rings. The molecule has 0 spiro atoms. The summed E-state index contributed by atoms with van der Waals surface area (Å²) in [5.41, 5.74) is 1.83. The van der Waals surface area contributed by atoms with Crippen molar-refractivity contribution < 1.29 is 14.3 Å². The molecule has 1 N–H and O–H groups in total. The molecular formula is C27H22ClN3O4S. The van der Waals surface area contributed by atoms with Crippen LogP contribution in [0, 0.1) is 0 Å². The third kappa shape index (κ3) is 3.50. The molecule has 0 bridgehead atoms. The summed E-state index contributed by atoms with van der Waals surface area (Å²) in [6.07, 6.45) is 6.06. The van der Waals surface area contributed by atoms with Crippen LogP contribution in [0.3, 0.4) is 0 Å². The zero-order chi connectivity index (χ0) is 24.6. The van der Waals surface area contributed by atoms with Crippen LogP contribution in [0.4, 0.5) is 0 Å². The number of thiophene rings is 1. The third-order valence-electron chi connectivity index (χ3n) is 7.02. The number of aromatic nitrogens is 3. The minimum absolute atomic E-state index is 0.0305. The van der Waals surface area contributed by atoms with E-state index in [0.29, 0.717) is 43.7 Å². The molecule has 0 atom stereocenters. The Bertz CT molecular complexity index is 1730. The number of aromatic hydroxyl groups is 1. The van der Waals surface area contributed by atoms with E-state index in [1.54, 1.807) is 30.0 Å². The first-order valence-corrected chi connectivity index (χ1v) is 13.2. The van der Waals surface area contributed by atoms with Gasteiger partial charge in [0.15, 0.2) is 11.6 Å². The number of hydrogen-bond acceptors (Lipinski definition) is 7. The summed E-state index contributed by atoms with van der Waals surface area (Å²) in [5, 5.41) is 11.9. The number of fused-ring (bicyclic) bond motifs is 3. The van der Waals surface area contributed by atoms with E-state index in [1.807, 2.05) is 18.2 Å². The topological polar surface area (TPSA) is 90.4 Å².